The summed E-state index contributed by atoms with van der Waals surface area (Å²) in [6.45, 7) is 1.92. The molecule has 2 heterocycles. The number of aryl methyl sites for hydroxylation is 1. The van der Waals surface area contributed by atoms with E-state index in [2.05, 4.69) is 0 Å². The Morgan fingerprint density at radius 3 is 2.36 bits per heavy atom. The van der Waals surface area contributed by atoms with Gasteiger partial charge in [-0.1, -0.05) is 53.6 Å². The number of hydrogen-bond acceptors (Lipinski definition) is 6. The number of nitrogens with zero attached hydrogens (tertiary/aromatic N) is 3. The number of carbonyl (C=O) groups is 2. The van der Waals surface area contributed by atoms with Crippen LogP contribution in [0.5, 0.6) is 0 Å². The number of nitro benzene ring substituents is 1. The van der Waals surface area contributed by atoms with E-state index in [-0.39, 0.29) is 5.69 Å². The predicted molar refractivity (Wildman–Crippen MR) is 122 cm³/mol. The lowest BCUT2D eigenvalue weighted by Crippen LogP contribution is -2.37. The molecule has 2 fully saturated rings. The SMILES string of the molecule is Cc1ccc(N2C(=O)[C@@H]3[C@@H](ON(c4cccc([N+](=O)[O-])c4)[C@H]3c3ccccc3Cl)C2=O)cc1. The number of hydroxylamine groups is 1. The molecule has 3 aromatic rings. The third kappa shape index (κ3) is 3.44. The molecule has 166 valence electrons. The lowest BCUT2D eigenvalue weighted by atomic mass is 9.90. The molecule has 0 spiro atoms. The molecule has 33 heavy (non-hydrogen) atoms. The first-order chi connectivity index (χ1) is 15.9. The highest BCUT2D eigenvalue weighted by atomic mass is 35.5. The van der Waals surface area contributed by atoms with E-state index in [9.17, 15) is 19.7 Å². The maximum Gasteiger partial charge on any atom is 0.271 e. The number of hydrogen-bond donors (Lipinski definition) is 0. The summed E-state index contributed by atoms with van der Waals surface area (Å²) in [5, 5.41) is 13.1. The largest absolute Gasteiger partial charge is 0.273 e. The molecule has 0 N–H and O–H groups in total. The molecule has 0 aromatic heterocycles. The van der Waals surface area contributed by atoms with E-state index >= 15 is 0 Å². The Morgan fingerprint density at radius 1 is 0.939 bits per heavy atom. The number of halogens is 1. The maximum atomic E-state index is 13.6. The molecule has 0 unspecified atom stereocenters. The third-order valence-electron chi connectivity index (χ3n) is 5.93. The summed E-state index contributed by atoms with van der Waals surface area (Å²) in [6, 6.07) is 19.2. The van der Waals surface area contributed by atoms with E-state index < -0.39 is 34.8 Å². The van der Waals surface area contributed by atoms with Crippen LogP contribution >= 0.6 is 11.6 Å². The molecule has 9 heteroatoms. The van der Waals surface area contributed by atoms with Crippen molar-refractivity contribution in [1.29, 1.82) is 0 Å². The first-order valence-electron chi connectivity index (χ1n) is 10.3. The Morgan fingerprint density at radius 2 is 1.67 bits per heavy atom. The zero-order chi connectivity index (χ0) is 23.3. The average Bonchev–Trinajstić information content (AvgIpc) is 3.31. The summed E-state index contributed by atoms with van der Waals surface area (Å²) in [4.78, 5) is 44.8. The van der Waals surface area contributed by atoms with Crippen LogP contribution in [-0.4, -0.2) is 22.8 Å². The summed E-state index contributed by atoms with van der Waals surface area (Å²) in [7, 11) is 0. The number of benzene rings is 3. The minimum atomic E-state index is -1.08. The van der Waals surface area contributed by atoms with Crippen LogP contribution in [0.2, 0.25) is 5.02 Å². The van der Waals surface area contributed by atoms with E-state index in [1.807, 2.05) is 19.1 Å². The summed E-state index contributed by atoms with van der Waals surface area (Å²) in [5.74, 6) is -1.77. The fraction of sp³-hybridized carbons (Fsp3) is 0.167. The van der Waals surface area contributed by atoms with Crippen molar-refractivity contribution in [3.8, 4) is 0 Å². The van der Waals surface area contributed by atoms with Crippen molar-refractivity contribution in [1.82, 2.24) is 0 Å². The van der Waals surface area contributed by atoms with Crippen LogP contribution in [0.4, 0.5) is 17.1 Å². The molecule has 0 radical (unpaired) electrons. The fourth-order valence-electron chi connectivity index (χ4n) is 4.36. The highest BCUT2D eigenvalue weighted by Gasteiger charge is 2.60. The number of imide groups is 1. The van der Waals surface area contributed by atoms with Crippen molar-refractivity contribution in [3.63, 3.8) is 0 Å². The average molecular weight is 464 g/mol. The van der Waals surface area contributed by atoms with Gasteiger partial charge in [-0.25, -0.2) is 9.96 Å². The van der Waals surface area contributed by atoms with Crippen molar-refractivity contribution < 1.29 is 19.3 Å². The summed E-state index contributed by atoms with van der Waals surface area (Å²) in [6.07, 6.45) is -1.08. The van der Waals surface area contributed by atoms with E-state index in [0.717, 1.165) is 10.5 Å². The summed E-state index contributed by atoms with van der Waals surface area (Å²) >= 11 is 6.48. The maximum absolute atomic E-state index is 13.6. The van der Waals surface area contributed by atoms with Gasteiger partial charge in [0.05, 0.1) is 22.3 Å². The van der Waals surface area contributed by atoms with Gasteiger partial charge in [-0.05, 0) is 36.8 Å². The van der Waals surface area contributed by atoms with Gasteiger partial charge in [0.1, 0.15) is 5.92 Å². The molecular weight excluding hydrogens is 446 g/mol. The Labute approximate surface area is 194 Å². The quantitative estimate of drug-likeness (QED) is 0.319. The first kappa shape index (κ1) is 21.1. The van der Waals surface area contributed by atoms with Crippen molar-refractivity contribution in [3.05, 3.63) is 99.1 Å². The number of amides is 2. The standard InChI is InChI=1S/C24H18ClN3O5/c1-14-9-11-15(12-10-14)26-23(29)20-21(18-7-2-3-8-19(18)25)27(33-22(20)24(26)30)16-5-4-6-17(13-16)28(31)32/h2-13,20-22H,1H3/t20-,21-,22+/m0/s1. The Hall–Kier alpha value is -3.75. The van der Waals surface area contributed by atoms with Gasteiger partial charge < -0.3 is 0 Å². The zero-order valence-electron chi connectivity index (χ0n) is 17.4. The summed E-state index contributed by atoms with van der Waals surface area (Å²) in [5.41, 5.74) is 2.27. The van der Waals surface area contributed by atoms with Crippen LogP contribution in [0.3, 0.4) is 0 Å². The summed E-state index contributed by atoms with van der Waals surface area (Å²) < 4.78 is 0. The molecule has 0 aliphatic carbocycles. The van der Waals surface area contributed by atoms with Crippen LogP contribution in [-0.2, 0) is 14.4 Å². The molecule has 0 saturated carbocycles. The van der Waals surface area contributed by atoms with Gasteiger partial charge in [0.15, 0.2) is 6.10 Å². The minimum absolute atomic E-state index is 0.134. The van der Waals surface area contributed by atoms with E-state index in [1.54, 1.807) is 42.5 Å². The van der Waals surface area contributed by atoms with Crippen LogP contribution in [0.15, 0.2) is 72.8 Å². The van der Waals surface area contributed by atoms with Gasteiger partial charge in [0.25, 0.3) is 11.6 Å². The van der Waals surface area contributed by atoms with Gasteiger partial charge in [-0.15, -0.1) is 0 Å². The lowest BCUT2D eigenvalue weighted by Gasteiger charge is -2.29. The molecule has 5 rings (SSSR count). The molecule has 2 amide bonds. The second-order valence-electron chi connectivity index (χ2n) is 7.97. The molecule has 0 bridgehead atoms. The predicted octanol–water partition coefficient (Wildman–Crippen LogP) is 4.61. The topological polar surface area (TPSA) is 93.0 Å². The minimum Gasteiger partial charge on any atom is -0.273 e. The molecule has 3 atom stereocenters. The number of non-ortho nitro benzene ring substituents is 1. The first-order valence-corrected chi connectivity index (χ1v) is 10.6. The number of rotatable bonds is 4. The third-order valence-corrected chi connectivity index (χ3v) is 6.27. The van der Waals surface area contributed by atoms with E-state index in [4.69, 9.17) is 16.4 Å². The van der Waals surface area contributed by atoms with Crippen LogP contribution in [0.25, 0.3) is 0 Å². The fourth-order valence-corrected chi connectivity index (χ4v) is 4.61. The van der Waals surface area contributed by atoms with Crippen molar-refractivity contribution in [2.45, 2.75) is 19.1 Å². The van der Waals surface area contributed by atoms with Gasteiger partial charge in [-0.3, -0.25) is 24.5 Å². The van der Waals surface area contributed by atoms with Crippen LogP contribution < -0.4 is 9.96 Å². The van der Waals surface area contributed by atoms with Crippen LogP contribution in [0.1, 0.15) is 17.2 Å². The van der Waals surface area contributed by atoms with E-state index in [1.165, 1.54) is 23.3 Å². The van der Waals surface area contributed by atoms with Gasteiger partial charge in [-0.2, -0.15) is 0 Å². The Balaban J connectivity index is 1.61. The van der Waals surface area contributed by atoms with Crippen molar-refractivity contribution >= 4 is 40.5 Å². The number of anilines is 2. The Bertz CT molecular complexity index is 1280. The molecule has 2 saturated heterocycles. The van der Waals surface area contributed by atoms with Crippen molar-refractivity contribution in [2.75, 3.05) is 9.96 Å². The lowest BCUT2D eigenvalue weighted by molar-refractivity contribution is -0.384. The van der Waals surface area contributed by atoms with Gasteiger partial charge in [0.2, 0.25) is 5.91 Å². The molecule has 3 aromatic carbocycles. The van der Waals surface area contributed by atoms with Gasteiger partial charge in [0, 0.05) is 17.2 Å². The smallest absolute Gasteiger partial charge is 0.271 e. The number of nitro groups is 1. The molecule has 8 nitrogen and oxygen atoms in total. The van der Waals surface area contributed by atoms with Gasteiger partial charge >= 0.3 is 0 Å². The highest BCUT2D eigenvalue weighted by Crippen LogP contribution is 2.49. The number of carbonyl (C=O) groups excluding carboxylic acids is 2. The molecular formula is C24H18ClN3O5. The normalized spacial score (nSPS) is 22.1. The van der Waals surface area contributed by atoms with Crippen LogP contribution in [0, 0.1) is 23.0 Å². The monoisotopic (exact) mass is 463 g/mol. The molecule has 2 aliphatic rings. The molecule has 2 aliphatic heterocycles. The Kier molecular flexibility index (Phi) is 5.11. The highest BCUT2D eigenvalue weighted by molar-refractivity contribution is 6.31. The van der Waals surface area contributed by atoms with E-state index in [0.29, 0.717) is 22.0 Å². The second kappa shape index (κ2) is 7.99. The zero-order valence-corrected chi connectivity index (χ0v) is 18.2. The second-order valence-corrected chi connectivity index (χ2v) is 8.38. The number of fused-ring (bicyclic) bond motifs is 1. The van der Waals surface area contributed by atoms with Crippen molar-refractivity contribution in [2.24, 2.45) is 5.92 Å².